The van der Waals surface area contributed by atoms with E-state index in [9.17, 15) is 4.79 Å². The van der Waals surface area contributed by atoms with Crippen molar-refractivity contribution in [3.8, 4) is 5.75 Å². The summed E-state index contributed by atoms with van der Waals surface area (Å²) in [7, 11) is 1.61. The molecule has 1 heterocycles. The molecular weight excluding hydrogens is 370 g/mol. The van der Waals surface area contributed by atoms with Gasteiger partial charge in [-0.05, 0) is 47.5 Å². The van der Waals surface area contributed by atoms with Crippen LogP contribution in [0.25, 0.3) is 11.8 Å². The molecule has 0 aliphatic carbocycles. The van der Waals surface area contributed by atoms with Crippen molar-refractivity contribution in [3.05, 3.63) is 107 Å². The summed E-state index contributed by atoms with van der Waals surface area (Å²) in [6.45, 7) is 0. The number of anilines is 1. The van der Waals surface area contributed by atoms with Crippen LogP contribution >= 0.6 is 11.6 Å². The fourth-order valence-corrected chi connectivity index (χ4v) is 3.36. The van der Waals surface area contributed by atoms with Gasteiger partial charge in [0, 0.05) is 10.6 Å². The predicted molar refractivity (Wildman–Crippen MR) is 114 cm³/mol. The molecule has 4 heteroatoms. The quantitative estimate of drug-likeness (QED) is 0.528. The van der Waals surface area contributed by atoms with Gasteiger partial charge in [-0.15, -0.1) is 0 Å². The van der Waals surface area contributed by atoms with Crippen LogP contribution in [0.3, 0.4) is 0 Å². The van der Waals surface area contributed by atoms with E-state index in [1.54, 1.807) is 12.0 Å². The monoisotopic (exact) mass is 387 g/mol. The molecular formula is C24H18ClNO2. The van der Waals surface area contributed by atoms with Crippen LogP contribution in [0.5, 0.6) is 5.75 Å². The number of methoxy groups -OCH3 is 1. The summed E-state index contributed by atoms with van der Waals surface area (Å²) in [6, 6.07) is 24.8. The summed E-state index contributed by atoms with van der Waals surface area (Å²) in [5.74, 6) is 0.545. The summed E-state index contributed by atoms with van der Waals surface area (Å²) in [6.07, 6.45) is 3.79. The largest absolute Gasteiger partial charge is 0.495 e. The van der Waals surface area contributed by atoms with Crippen molar-refractivity contribution in [3.63, 3.8) is 0 Å². The summed E-state index contributed by atoms with van der Waals surface area (Å²) < 4.78 is 5.50. The van der Waals surface area contributed by atoms with E-state index in [2.05, 4.69) is 0 Å². The number of hydrogen-bond acceptors (Lipinski definition) is 2. The molecule has 138 valence electrons. The molecule has 0 aromatic heterocycles. The van der Waals surface area contributed by atoms with Crippen molar-refractivity contribution in [1.29, 1.82) is 0 Å². The SMILES string of the molecule is COc1ccccc1N1C(=O)/C(=C/c2ccc(Cl)cc2)C=C1c1ccccc1. The molecule has 0 N–H and O–H groups in total. The molecule has 1 aliphatic rings. The van der Waals surface area contributed by atoms with E-state index in [-0.39, 0.29) is 5.91 Å². The first-order valence-corrected chi connectivity index (χ1v) is 9.27. The zero-order chi connectivity index (χ0) is 19.5. The summed E-state index contributed by atoms with van der Waals surface area (Å²) in [5.41, 5.74) is 4.01. The van der Waals surface area contributed by atoms with E-state index in [1.165, 1.54) is 0 Å². The minimum Gasteiger partial charge on any atom is -0.495 e. The molecule has 0 bridgehead atoms. The number of amides is 1. The van der Waals surface area contributed by atoms with E-state index < -0.39 is 0 Å². The molecule has 0 radical (unpaired) electrons. The Labute approximate surface area is 169 Å². The van der Waals surface area contributed by atoms with Crippen LogP contribution in [0, 0.1) is 0 Å². The molecule has 0 fully saturated rings. The van der Waals surface area contributed by atoms with Crippen LogP contribution in [0.2, 0.25) is 5.02 Å². The minimum absolute atomic E-state index is 0.0988. The second-order valence-corrected chi connectivity index (χ2v) is 6.80. The molecule has 28 heavy (non-hydrogen) atoms. The highest BCUT2D eigenvalue weighted by molar-refractivity contribution is 6.30. The van der Waals surface area contributed by atoms with Gasteiger partial charge in [0.25, 0.3) is 5.91 Å². The number of nitrogens with zero attached hydrogens (tertiary/aromatic N) is 1. The van der Waals surface area contributed by atoms with Gasteiger partial charge in [0.2, 0.25) is 0 Å². The van der Waals surface area contributed by atoms with Gasteiger partial charge in [0.1, 0.15) is 5.75 Å². The molecule has 3 aromatic rings. The first-order valence-electron chi connectivity index (χ1n) is 8.89. The van der Waals surface area contributed by atoms with Gasteiger partial charge >= 0.3 is 0 Å². The Hall–Kier alpha value is -3.30. The van der Waals surface area contributed by atoms with E-state index >= 15 is 0 Å². The average molecular weight is 388 g/mol. The first kappa shape index (κ1) is 18.1. The topological polar surface area (TPSA) is 29.5 Å². The molecule has 0 spiro atoms. The lowest BCUT2D eigenvalue weighted by atomic mass is 10.1. The third-order valence-electron chi connectivity index (χ3n) is 4.57. The zero-order valence-electron chi connectivity index (χ0n) is 15.3. The fraction of sp³-hybridized carbons (Fsp3) is 0.0417. The molecule has 0 saturated heterocycles. The standard InChI is InChI=1S/C24H18ClNO2/c1-28-23-10-6-5-9-21(23)26-22(18-7-3-2-4-8-18)16-19(24(26)27)15-17-11-13-20(25)14-12-17/h2-16H,1H3/b19-15+. The molecule has 0 atom stereocenters. The van der Waals surface area contributed by atoms with E-state index in [4.69, 9.17) is 16.3 Å². The number of ether oxygens (including phenoxy) is 1. The van der Waals surface area contributed by atoms with Crippen molar-refractivity contribution in [2.45, 2.75) is 0 Å². The van der Waals surface area contributed by atoms with Gasteiger partial charge in [-0.25, -0.2) is 0 Å². The van der Waals surface area contributed by atoms with Gasteiger partial charge in [-0.3, -0.25) is 9.69 Å². The van der Waals surface area contributed by atoms with Gasteiger partial charge in [0.05, 0.1) is 18.5 Å². The summed E-state index contributed by atoms with van der Waals surface area (Å²) in [5, 5.41) is 0.663. The molecule has 0 saturated carbocycles. The Balaban J connectivity index is 1.84. The lowest BCUT2D eigenvalue weighted by molar-refractivity contribution is -0.113. The fourth-order valence-electron chi connectivity index (χ4n) is 3.23. The minimum atomic E-state index is -0.0988. The Morgan fingerprint density at radius 1 is 0.893 bits per heavy atom. The third kappa shape index (κ3) is 3.45. The van der Waals surface area contributed by atoms with Crippen LogP contribution in [0.15, 0.2) is 90.5 Å². The second-order valence-electron chi connectivity index (χ2n) is 6.36. The van der Waals surface area contributed by atoms with Gasteiger partial charge in [-0.2, -0.15) is 0 Å². The summed E-state index contributed by atoms with van der Waals surface area (Å²) in [4.78, 5) is 15.1. The number of para-hydroxylation sites is 2. The maximum Gasteiger partial charge on any atom is 0.263 e. The molecule has 3 aromatic carbocycles. The number of carbonyl (C=O) groups excluding carboxylic acids is 1. The average Bonchev–Trinajstić information content (AvgIpc) is 3.06. The van der Waals surface area contributed by atoms with Crippen molar-refractivity contribution >= 4 is 35.0 Å². The van der Waals surface area contributed by atoms with Crippen LogP contribution in [-0.4, -0.2) is 13.0 Å². The third-order valence-corrected chi connectivity index (χ3v) is 4.82. The first-order chi connectivity index (χ1) is 13.7. The predicted octanol–water partition coefficient (Wildman–Crippen LogP) is 5.82. The van der Waals surface area contributed by atoms with E-state index in [0.717, 1.165) is 16.8 Å². The van der Waals surface area contributed by atoms with Gasteiger partial charge in [0.15, 0.2) is 0 Å². The van der Waals surface area contributed by atoms with Crippen LogP contribution in [-0.2, 0) is 4.79 Å². The van der Waals surface area contributed by atoms with Crippen LogP contribution in [0.4, 0.5) is 5.69 Å². The number of carbonyl (C=O) groups is 1. The van der Waals surface area contributed by atoms with Crippen molar-refractivity contribution in [2.24, 2.45) is 0 Å². The van der Waals surface area contributed by atoms with Crippen molar-refractivity contribution < 1.29 is 9.53 Å². The molecule has 0 unspecified atom stereocenters. The molecule has 1 amide bonds. The highest BCUT2D eigenvalue weighted by Crippen LogP contribution is 2.39. The number of benzene rings is 3. The lowest BCUT2D eigenvalue weighted by Crippen LogP contribution is -2.25. The molecule has 1 aliphatic heterocycles. The normalized spacial score (nSPS) is 15.1. The Morgan fingerprint density at radius 3 is 2.29 bits per heavy atom. The maximum absolute atomic E-state index is 13.4. The number of hydrogen-bond donors (Lipinski definition) is 0. The Morgan fingerprint density at radius 2 is 1.57 bits per heavy atom. The van der Waals surface area contributed by atoms with E-state index in [0.29, 0.717) is 22.0 Å². The smallest absolute Gasteiger partial charge is 0.263 e. The second kappa shape index (κ2) is 7.75. The maximum atomic E-state index is 13.4. The zero-order valence-corrected chi connectivity index (χ0v) is 16.1. The van der Waals surface area contributed by atoms with Gasteiger partial charge < -0.3 is 4.74 Å². The number of halogens is 1. The van der Waals surface area contributed by atoms with Crippen molar-refractivity contribution in [1.82, 2.24) is 0 Å². The van der Waals surface area contributed by atoms with Crippen LogP contribution in [0.1, 0.15) is 11.1 Å². The van der Waals surface area contributed by atoms with Crippen LogP contribution < -0.4 is 9.64 Å². The van der Waals surface area contributed by atoms with E-state index in [1.807, 2.05) is 91.0 Å². The highest BCUT2D eigenvalue weighted by atomic mass is 35.5. The lowest BCUT2D eigenvalue weighted by Gasteiger charge is -2.22. The number of rotatable bonds is 4. The summed E-state index contributed by atoms with van der Waals surface area (Å²) >= 11 is 5.98. The Kier molecular flexibility index (Phi) is 5.00. The van der Waals surface area contributed by atoms with Gasteiger partial charge in [-0.1, -0.05) is 66.2 Å². The molecule has 4 rings (SSSR count). The highest BCUT2D eigenvalue weighted by Gasteiger charge is 2.32. The molecule has 3 nitrogen and oxygen atoms in total. The Bertz CT molecular complexity index is 1070. The van der Waals surface area contributed by atoms with Crippen molar-refractivity contribution in [2.75, 3.05) is 12.0 Å².